The molecule has 0 N–H and O–H groups in total. The second-order valence-corrected chi connectivity index (χ2v) is 7.38. The van der Waals surface area contributed by atoms with Gasteiger partial charge in [-0.25, -0.2) is 4.39 Å². The van der Waals surface area contributed by atoms with Gasteiger partial charge in [0.15, 0.2) is 0 Å². The standard InChI is InChI=1S/C19H25FN2O/c20-16-6-4-15(5-7-16)19(9-3-10-19)18(23)22-13-8-17(14-22)21-11-1-2-12-21/h4-7,17H,1-3,8-14H2/t17-/m1/s1. The third kappa shape index (κ3) is 2.57. The van der Waals surface area contributed by atoms with E-state index in [1.54, 1.807) is 12.1 Å². The van der Waals surface area contributed by atoms with Gasteiger partial charge in [-0.1, -0.05) is 18.6 Å². The Hall–Kier alpha value is -1.42. The molecule has 4 heteroatoms. The summed E-state index contributed by atoms with van der Waals surface area (Å²) in [4.78, 5) is 17.8. The van der Waals surface area contributed by atoms with Crippen molar-refractivity contribution in [3.63, 3.8) is 0 Å². The van der Waals surface area contributed by atoms with E-state index in [0.717, 1.165) is 44.3 Å². The Bertz CT molecular complexity index is 576. The van der Waals surface area contributed by atoms with Crippen LogP contribution in [0.15, 0.2) is 24.3 Å². The molecule has 3 nitrogen and oxygen atoms in total. The number of rotatable bonds is 3. The third-order valence-corrected chi connectivity index (χ3v) is 6.12. The lowest BCUT2D eigenvalue weighted by molar-refractivity contribution is -0.140. The molecule has 0 radical (unpaired) electrons. The van der Waals surface area contributed by atoms with Crippen molar-refractivity contribution in [3.8, 4) is 0 Å². The summed E-state index contributed by atoms with van der Waals surface area (Å²) in [7, 11) is 0. The Kier molecular flexibility index (Phi) is 3.88. The lowest BCUT2D eigenvalue weighted by Crippen LogP contribution is -2.51. The predicted octanol–water partition coefficient (Wildman–Crippen LogP) is 2.94. The van der Waals surface area contributed by atoms with Crippen LogP contribution in [0.5, 0.6) is 0 Å². The SMILES string of the molecule is O=C(N1CC[C@@H](N2CCCC2)C1)C1(c2ccc(F)cc2)CCC1. The van der Waals surface area contributed by atoms with Crippen molar-refractivity contribution in [2.45, 2.75) is 50.0 Å². The summed E-state index contributed by atoms with van der Waals surface area (Å²) in [6, 6.07) is 7.13. The zero-order valence-electron chi connectivity index (χ0n) is 13.6. The molecule has 1 atom stereocenters. The monoisotopic (exact) mass is 316 g/mol. The lowest BCUT2D eigenvalue weighted by Gasteiger charge is -2.43. The fourth-order valence-corrected chi connectivity index (χ4v) is 4.56. The lowest BCUT2D eigenvalue weighted by atomic mass is 9.63. The van der Waals surface area contributed by atoms with Gasteiger partial charge < -0.3 is 4.90 Å². The maximum absolute atomic E-state index is 13.2. The predicted molar refractivity (Wildman–Crippen MR) is 87.7 cm³/mol. The largest absolute Gasteiger partial charge is 0.340 e. The fourth-order valence-electron chi connectivity index (χ4n) is 4.56. The van der Waals surface area contributed by atoms with E-state index in [1.807, 2.05) is 0 Å². The highest BCUT2D eigenvalue weighted by molar-refractivity contribution is 5.89. The van der Waals surface area contributed by atoms with E-state index in [0.29, 0.717) is 6.04 Å². The number of likely N-dealkylation sites (tertiary alicyclic amines) is 2. The molecule has 1 aliphatic carbocycles. The molecule has 124 valence electrons. The van der Waals surface area contributed by atoms with E-state index in [4.69, 9.17) is 0 Å². The van der Waals surface area contributed by atoms with Crippen LogP contribution in [-0.2, 0) is 10.2 Å². The fraction of sp³-hybridized carbons (Fsp3) is 0.632. The van der Waals surface area contributed by atoms with Gasteiger partial charge in [0, 0.05) is 19.1 Å². The summed E-state index contributed by atoms with van der Waals surface area (Å²) in [6.45, 7) is 4.14. The maximum Gasteiger partial charge on any atom is 0.233 e. The van der Waals surface area contributed by atoms with Crippen LogP contribution in [0.4, 0.5) is 4.39 Å². The number of nitrogens with zero attached hydrogens (tertiary/aromatic N) is 2. The number of benzene rings is 1. The summed E-state index contributed by atoms with van der Waals surface area (Å²) in [5, 5.41) is 0. The van der Waals surface area contributed by atoms with Gasteiger partial charge in [-0.2, -0.15) is 0 Å². The van der Waals surface area contributed by atoms with E-state index >= 15 is 0 Å². The molecule has 23 heavy (non-hydrogen) atoms. The number of carbonyl (C=O) groups excluding carboxylic acids is 1. The summed E-state index contributed by atoms with van der Waals surface area (Å²) in [5.41, 5.74) is 0.618. The van der Waals surface area contributed by atoms with Crippen molar-refractivity contribution in [2.24, 2.45) is 0 Å². The maximum atomic E-state index is 13.2. The van der Waals surface area contributed by atoms with Gasteiger partial charge in [0.25, 0.3) is 0 Å². The second-order valence-electron chi connectivity index (χ2n) is 7.38. The van der Waals surface area contributed by atoms with Crippen LogP contribution in [0, 0.1) is 5.82 Å². The Morgan fingerprint density at radius 2 is 1.74 bits per heavy atom. The van der Waals surface area contributed by atoms with Crippen LogP contribution in [0.1, 0.15) is 44.1 Å². The zero-order valence-corrected chi connectivity index (χ0v) is 13.6. The molecule has 2 saturated heterocycles. The summed E-state index contributed by atoms with van der Waals surface area (Å²) < 4.78 is 13.2. The molecular weight excluding hydrogens is 291 g/mol. The molecule has 2 aliphatic heterocycles. The van der Waals surface area contributed by atoms with Crippen molar-refractivity contribution in [3.05, 3.63) is 35.6 Å². The molecule has 1 saturated carbocycles. The Labute approximate surface area is 137 Å². The Balaban J connectivity index is 1.50. The van der Waals surface area contributed by atoms with Crippen LogP contribution in [0.25, 0.3) is 0 Å². The first-order valence-corrected chi connectivity index (χ1v) is 8.98. The minimum atomic E-state index is -0.381. The smallest absolute Gasteiger partial charge is 0.233 e. The summed E-state index contributed by atoms with van der Waals surface area (Å²) >= 11 is 0. The first kappa shape index (κ1) is 15.1. The molecule has 1 aromatic carbocycles. The quantitative estimate of drug-likeness (QED) is 0.856. The van der Waals surface area contributed by atoms with Crippen molar-refractivity contribution in [1.82, 2.24) is 9.80 Å². The van der Waals surface area contributed by atoms with Crippen molar-refractivity contribution < 1.29 is 9.18 Å². The first-order chi connectivity index (χ1) is 11.2. The van der Waals surface area contributed by atoms with Gasteiger partial charge in [-0.3, -0.25) is 9.69 Å². The minimum Gasteiger partial charge on any atom is -0.340 e. The number of amides is 1. The van der Waals surface area contributed by atoms with Crippen molar-refractivity contribution in [1.29, 1.82) is 0 Å². The van der Waals surface area contributed by atoms with E-state index in [1.165, 1.54) is 38.1 Å². The molecule has 4 rings (SSSR count). The highest BCUT2D eigenvalue weighted by atomic mass is 19.1. The first-order valence-electron chi connectivity index (χ1n) is 8.98. The molecule has 3 aliphatic rings. The third-order valence-electron chi connectivity index (χ3n) is 6.12. The zero-order chi connectivity index (χ0) is 15.9. The van der Waals surface area contributed by atoms with E-state index in [9.17, 15) is 9.18 Å². The number of hydrogen-bond acceptors (Lipinski definition) is 2. The molecule has 2 heterocycles. The number of halogens is 1. The minimum absolute atomic E-state index is 0.231. The summed E-state index contributed by atoms with van der Waals surface area (Å²) in [5.74, 6) is 0.0444. The van der Waals surface area contributed by atoms with Gasteiger partial charge in [0.1, 0.15) is 5.82 Å². The molecule has 0 spiro atoms. The van der Waals surface area contributed by atoms with Gasteiger partial charge in [0.05, 0.1) is 5.41 Å². The molecule has 1 amide bonds. The average Bonchev–Trinajstić information content (AvgIpc) is 3.19. The highest BCUT2D eigenvalue weighted by Crippen LogP contribution is 2.45. The Morgan fingerprint density at radius 1 is 1.04 bits per heavy atom. The number of carbonyl (C=O) groups is 1. The second kappa shape index (κ2) is 5.90. The highest BCUT2D eigenvalue weighted by Gasteiger charge is 2.49. The van der Waals surface area contributed by atoms with E-state index < -0.39 is 0 Å². The number of hydrogen-bond donors (Lipinski definition) is 0. The Morgan fingerprint density at radius 3 is 2.35 bits per heavy atom. The van der Waals surface area contributed by atoms with Crippen LogP contribution in [0.2, 0.25) is 0 Å². The van der Waals surface area contributed by atoms with Crippen molar-refractivity contribution in [2.75, 3.05) is 26.2 Å². The van der Waals surface area contributed by atoms with Gasteiger partial charge in [-0.05, 0) is 62.9 Å². The topological polar surface area (TPSA) is 23.6 Å². The average molecular weight is 316 g/mol. The molecular formula is C19H25FN2O. The van der Waals surface area contributed by atoms with Gasteiger partial charge in [-0.15, -0.1) is 0 Å². The van der Waals surface area contributed by atoms with Gasteiger partial charge >= 0.3 is 0 Å². The molecule has 0 aromatic heterocycles. The van der Waals surface area contributed by atoms with Crippen LogP contribution >= 0.6 is 0 Å². The summed E-state index contributed by atoms with van der Waals surface area (Å²) in [6.07, 6.45) is 6.59. The van der Waals surface area contributed by atoms with Crippen LogP contribution in [-0.4, -0.2) is 47.9 Å². The van der Waals surface area contributed by atoms with Crippen LogP contribution < -0.4 is 0 Å². The molecule has 3 fully saturated rings. The molecule has 0 unspecified atom stereocenters. The van der Waals surface area contributed by atoms with Gasteiger partial charge in [0.2, 0.25) is 5.91 Å². The van der Waals surface area contributed by atoms with Crippen LogP contribution in [0.3, 0.4) is 0 Å². The van der Waals surface area contributed by atoms with E-state index in [2.05, 4.69) is 9.80 Å². The molecule has 0 bridgehead atoms. The van der Waals surface area contributed by atoms with E-state index in [-0.39, 0.29) is 17.1 Å². The molecule has 1 aromatic rings. The van der Waals surface area contributed by atoms with Crippen molar-refractivity contribution >= 4 is 5.91 Å². The normalized spacial score (nSPS) is 27.2.